The molecule has 0 unspecified atom stereocenters. The van der Waals surface area contributed by atoms with Crippen LogP contribution in [0.3, 0.4) is 0 Å². The largest absolute Gasteiger partial charge is 0.481 e. The number of nitrogens with one attached hydrogen (secondary N) is 3. The molecule has 0 bridgehead atoms. The van der Waals surface area contributed by atoms with Gasteiger partial charge in [0.2, 0.25) is 6.79 Å². The second-order valence-electron chi connectivity index (χ2n) is 5.47. The number of hydrogen-bond donors (Lipinski definition) is 3. The molecular weight excluding hydrogens is 397 g/mol. The number of ether oxygens (including phenoxy) is 3. The van der Waals surface area contributed by atoms with Crippen molar-refractivity contribution >= 4 is 40.5 Å². The number of amides is 1. The lowest BCUT2D eigenvalue weighted by atomic mass is 10.3. The van der Waals surface area contributed by atoms with Crippen LogP contribution in [0.4, 0.5) is 10.1 Å². The molecule has 3 rings (SSSR count). The lowest BCUT2D eigenvalue weighted by Gasteiger charge is -2.16. The van der Waals surface area contributed by atoms with Crippen molar-refractivity contribution in [2.24, 2.45) is 0 Å². The zero-order valence-electron chi connectivity index (χ0n) is 14.0. The SMILES string of the molecule is C[C@@H](Oc1ccc2c(c1)OCO2)C(=O)NNC(=S)Nc1ccc(F)c(Cl)c1. The molecule has 1 amide bonds. The van der Waals surface area contributed by atoms with Gasteiger partial charge in [-0.05, 0) is 49.5 Å². The first kappa shape index (κ1) is 19.0. The van der Waals surface area contributed by atoms with Gasteiger partial charge in [0.15, 0.2) is 22.7 Å². The first-order valence-corrected chi connectivity index (χ1v) is 8.59. The second kappa shape index (κ2) is 8.28. The van der Waals surface area contributed by atoms with E-state index in [9.17, 15) is 9.18 Å². The fourth-order valence-electron chi connectivity index (χ4n) is 2.16. The van der Waals surface area contributed by atoms with Gasteiger partial charge in [-0.1, -0.05) is 11.6 Å². The van der Waals surface area contributed by atoms with Crippen LogP contribution in [0, 0.1) is 5.82 Å². The number of hydrazine groups is 1. The van der Waals surface area contributed by atoms with Gasteiger partial charge in [-0.25, -0.2) is 4.39 Å². The van der Waals surface area contributed by atoms with Crippen molar-refractivity contribution in [2.45, 2.75) is 13.0 Å². The first-order chi connectivity index (χ1) is 12.9. The van der Waals surface area contributed by atoms with Crippen LogP contribution in [0.25, 0.3) is 0 Å². The van der Waals surface area contributed by atoms with E-state index >= 15 is 0 Å². The minimum atomic E-state index is -0.805. The standard InChI is InChI=1S/C17H15ClFN3O4S/c1-9(26-11-3-5-14-15(7-11)25-8-24-14)16(23)21-22-17(27)20-10-2-4-13(19)12(18)6-10/h2-7,9H,8H2,1H3,(H,21,23)(H2,20,22,27)/t9-/m1/s1. The summed E-state index contributed by atoms with van der Waals surface area (Å²) in [7, 11) is 0. The van der Waals surface area contributed by atoms with Crippen molar-refractivity contribution in [1.29, 1.82) is 0 Å². The molecule has 0 aromatic heterocycles. The molecule has 0 aliphatic carbocycles. The van der Waals surface area contributed by atoms with Crippen LogP contribution >= 0.6 is 23.8 Å². The molecule has 2 aromatic carbocycles. The van der Waals surface area contributed by atoms with Crippen molar-refractivity contribution in [3.05, 3.63) is 47.2 Å². The molecule has 10 heteroatoms. The Balaban J connectivity index is 1.47. The Hall–Kier alpha value is -2.78. The lowest BCUT2D eigenvalue weighted by molar-refractivity contribution is -0.127. The zero-order chi connectivity index (χ0) is 19.4. The molecule has 0 saturated heterocycles. The molecule has 0 spiro atoms. The van der Waals surface area contributed by atoms with E-state index in [4.69, 9.17) is 38.0 Å². The van der Waals surface area contributed by atoms with E-state index in [1.165, 1.54) is 18.2 Å². The molecule has 2 aromatic rings. The maximum atomic E-state index is 13.1. The Morgan fingerprint density at radius 1 is 1.22 bits per heavy atom. The van der Waals surface area contributed by atoms with E-state index in [2.05, 4.69) is 16.2 Å². The Labute approximate surface area is 164 Å². The maximum absolute atomic E-state index is 13.1. The summed E-state index contributed by atoms with van der Waals surface area (Å²) in [5.41, 5.74) is 5.42. The van der Waals surface area contributed by atoms with Crippen molar-refractivity contribution in [1.82, 2.24) is 10.9 Å². The van der Waals surface area contributed by atoms with Gasteiger partial charge in [-0.3, -0.25) is 15.6 Å². The Morgan fingerprint density at radius 2 is 2.00 bits per heavy atom. The molecule has 3 N–H and O–H groups in total. The van der Waals surface area contributed by atoms with E-state index in [0.29, 0.717) is 22.9 Å². The quantitative estimate of drug-likeness (QED) is 0.527. The number of carbonyl (C=O) groups is 1. The predicted octanol–water partition coefficient (Wildman–Crippen LogP) is 2.99. The van der Waals surface area contributed by atoms with Crippen LogP contribution in [0.15, 0.2) is 36.4 Å². The molecule has 142 valence electrons. The molecule has 0 fully saturated rings. The average Bonchev–Trinajstić information content (AvgIpc) is 3.10. The van der Waals surface area contributed by atoms with Crippen LogP contribution < -0.4 is 30.4 Å². The third-order valence-electron chi connectivity index (χ3n) is 3.50. The highest BCUT2D eigenvalue weighted by Gasteiger charge is 2.18. The molecule has 1 atom stereocenters. The van der Waals surface area contributed by atoms with Crippen molar-refractivity contribution in [3.8, 4) is 17.2 Å². The van der Waals surface area contributed by atoms with Crippen LogP contribution in [0.1, 0.15) is 6.92 Å². The minimum Gasteiger partial charge on any atom is -0.481 e. The fourth-order valence-corrected chi connectivity index (χ4v) is 2.51. The first-order valence-electron chi connectivity index (χ1n) is 7.80. The van der Waals surface area contributed by atoms with E-state index in [-0.39, 0.29) is 16.9 Å². The highest BCUT2D eigenvalue weighted by Crippen LogP contribution is 2.35. The normalized spacial score (nSPS) is 12.9. The summed E-state index contributed by atoms with van der Waals surface area (Å²) >= 11 is 10.8. The maximum Gasteiger partial charge on any atom is 0.279 e. The number of hydrogen-bond acceptors (Lipinski definition) is 5. The number of thiocarbonyl (C=S) groups is 1. The van der Waals surface area contributed by atoms with Crippen LogP contribution in [0.5, 0.6) is 17.2 Å². The molecule has 0 radical (unpaired) electrons. The smallest absolute Gasteiger partial charge is 0.279 e. The van der Waals surface area contributed by atoms with Crippen molar-refractivity contribution < 1.29 is 23.4 Å². The van der Waals surface area contributed by atoms with Crippen molar-refractivity contribution in [2.75, 3.05) is 12.1 Å². The van der Waals surface area contributed by atoms with Gasteiger partial charge in [0, 0.05) is 11.8 Å². The summed E-state index contributed by atoms with van der Waals surface area (Å²) in [6, 6.07) is 9.06. The van der Waals surface area contributed by atoms with E-state index in [1.807, 2.05) is 0 Å². The number of benzene rings is 2. The number of rotatable bonds is 4. The Bertz CT molecular complexity index is 883. The molecule has 7 nitrogen and oxygen atoms in total. The highest BCUT2D eigenvalue weighted by atomic mass is 35.5. The van der Waals surface area contributed by atoms with Crippen molar-refractivity contribution in [3.63, 3.8) is 0 Å². The number of fused-ring (bicyclic) bond motifs is 1. The van der Waals surface area contributed by atoms with Gasteiger partial charge in [-0.2, -0.15) is 0 Å². The molecule has 0 saturated carbocycles. The topological polar surface area (TPSA) is 80.9 Å². The summed E-state index contributed by atoms with van der Waals surface area (Å²) in [5, 5.41) is 2.82. The van der Waals surface area contributed by atoms with Gasteiger partial charge in [0.05, 0.1) is 5.02 Å². The monoisotopic (exact) mass is 411 g/mol. The lowest BCUT2D eigenvalue weighted by Crippen LogP contribution is -2.48. The van der Waals surface area contributed by atoms with Crippen LogP contribution in [-0.2, 0) is 4.79 Å². The summed E-state index contributed by atoms with van der Waals surface area (Å²) in [6.07, 6.45) is -0.805. The van der Waals surface area contributed by atoms with Gasteiger partial charge in [0.25, 0.3) is 5.91 Å². The zero-order valence-corrected chi connectivity index (χ0v) is 15.6. The Kier molecular flexibility index (Phi) is 5.82. The molecule has 27 heavy (non-hydrogen) atoms. The predicted molar refractivity (Wildman–Crippen MR) is 102 cm³/mol. The van der Waals surface area contributed by atoms with E-state index in [1.54, 1.807) is 25.1 Å². The summed E-state index contributed by atoms with van der Waals surface area (Å²) in [6.45, 7) is 1.74. The van der Waals surface area contributed by atoms with Gasteiger partial charge < -0.3 is 19.5 Å². The minimum absolute atomic E-state index is 0.0439. The van der Waals surface area contributed by atoms with E-state index in [0.717, 1.165) is 0 Å². The van der Waals surface area contributed by atoms with E-state index < -0.39 is 17.8 Å². The molecule has 1 aliphatic rings. The summed E-state index contributed by atoms with van der Waals surface area (Å²) < 4.78 is 29.2. The third kappa shape index (κ3) is 4.89. The highest BCUT2D eigenvalue weighted by molar-refractivity contribution is 7.80. The number of halogens is 2. The fraction of sp³-hybridized carbons (Fsp3) is 0.176. The van der Waals surface area contributed by atoms with Gasteiger partial charge >= 0.3 is 0 Å². The summed E-state index contributed by atoms with van der Waals surface area (Å²) in [5.74, 6) is 0.654. The average molecular weight is 412 g/mol. The van der Waals surface area contributed by atoms with Crippen LogP contribution in [0.2, 0.25) is 5.02 Å². The van der Waals surface area contributed by atoms with Gasteiger partial charge in [0.1, 0.15) is 11.6 Å². The van der Waals surface area contributed by atoms with Gasteiger partial charge in [-0.15, -0.1) is 0 Å². The number of anilines is 1. The molecular formula is C17H15ClFN3O4S. The van der Waals surface area contributed by atoms with Crippen LogP contribution in [-0.4, -0.2) is 23.9 Å². The molecule has 1 heterocycles. The number of carbonyl (C=O) groups excluding carboxylic acids is 1. The Morgan fingerprint density at radius 3 is 2.78 bits per heavy atom. The summed E-state index contributed by atoms with van der Waals surface area (Å²) in [4.78, 5) is 12.1. The molecule has 1 aliphatic heterocycles. The second-order valence-corrected chi connectivity index (χ2v) is 6.29. The third-order valence-corrected chi connectivity index (χ3v) is 4.00.